The van der Waals surface area contributed by atoms with Crippen LogP contribution in [0.4, 0.5) is 5.00 Å². The third-order valence-electron chi connectivity index (χ3n) is 4.36. The quantitative estimate of drug-likeness (QED) is 0.552. The molecule has 23 heavy (non-hydrogen) atoms. The van der Waals surface area contributed by atoms with E-state index in [4.69, 9.17) is 0 Å². The standard InChI is InChI=1S/C19H16N2S2/c1-12-6-7-15-16(10-20)19(23-18(15)8-12)21-11-14-9-13-4-2-3-5-17(13)22-14/h2-5,9,11-12H,6-8H2,1H3/t12-/m0/s1. The summed E-state index contributed by atoms with van der Waals surface area (Å²) < 4.78 is 1.27. The second-order valence-electron chi connectivity index (χ2n) is 6.09. The lowest BCUT2D eigenvalue weighted by Gasteiger charge is -2.17. The fourth-order valence-electron chi connectivity index (χ4n) is 3.13. The molecule has 1 aliphatic rings. The smallest absolute Gasteiger partial charge is 0.134 e. The molecule has 0 fully saturated rings. The fraction of sp³-hybridized carbons (Fsp3) is 0.263. The molecule has 1 aromatic carbocycles. The van der Waals surface area contributed by atoms with Gasteiger partial charge in [-0.15, -0.1) is 22.7 Å². The lowest BCUT2D eigenvalue weighted by atomic mass is 9.89. The number of hydrogen-bond acceptors (Lipinski definition) is 4. The van der Waals surface area contributed by atoms with Gasteiger partial charge in [-0.3, -0.25) is 0 Å². The molecule has 0 saturated carbocycles. The van der Waals surface area contributed by atoms with Crippen molar-refractivity contribution < 1.29 is 0 Å². The van der Waals surface area contributed by atoms with Gasteiger partial charge in [-0.1, -0.05) is 25.1 Å². The molecule has 0 unspecified atom stereocenters. The normalized spacial score (nSPS) is 17.5. The third kappa shape index (κ3) is 2.71. The van der Waals surface area contributed by atoms with Gasteiger partial charge in [0.15, 0.2) is 0 Å². The van der Waals surface area contributed by atoms with Crippen LogP contribution in [0.5, 0.6) is 0 Å². The third-order valence-corrected chi connectivity index (χ3v) is 6.57. The molecule has 4 rings (SSSR count). The van der Waals surface area contributed by atoms with Crippen molar-refractivity contribution in [3.63, 3.8) is 0 Å². The molecule has 0 amide bonds. The number of nitriles is 1. The summed E-state index contributed by atoms with van der Waals surface area (Å²) in [5, 5.41) is 11.7. The fourth-order valence-corrected chi connectivity index (χ4v) is 5.37. The Morgan fingerprint density at radius 2 is 2.17 bits per heavy atom. The van der Waals surface area contributed by atoms with E-state index >= 15 is 0 Å². The second kappa shape index (κ2) is 5.92. The number of nitrogens with zero attached hydrogens (tertiary/aromatic N) is 2. The van der Waals surface area contributed by atoms with Crippen LogP contribution in [0.25, 0.3) is 10.1 Å². The molecule has 2 nitrogen and oxygen atoms in total. The minimum absolute atomic E-state index is 0.715. The molecule has 1 aliphatic carbocycles. The van der Waals surface area contributed by atoms with Crippen molar-refractivity contribution in [2.24, 2.45) is 10.9 Å². The second-order valence-corrected chi connectivity index (χ2v) is 8.29. The first kappa shape index (κ1) is 14.6. The maximum Gasteiger partial charge on any atom is 0.134 e. The molecule has 1 atom stereocenters. The zero-order valence-corrected chi connectivity index (χ0v) is 14.5. The summed E-state index contributed by atoms with van der Waals surface area (Å²) in [4.78, 5) is 7.15. The lowest BCUT2D eigenvalue weighted by molar-refractivity contribution is 0.507. The van der Waals surface area contributed by atoms with Crippen molar-refractivity contribution in [2.75, 3.05) is 0 Å². The highest BCUT2D eigenvalue weighted by molar-refractivity contribution is 7.20. The molecular formula is C19H16N2S2. The van der Waals surface area contributed by atoms with Crippen LogP contribution in [0.15, 0.2) is 35.3 Å². The van der Waals surface area contributed by atoms with Gasteiger partial charge in [0.25, 0.3) is 0 Å². The molecule has 2 heterocycles. The molecule has 3 aromatic rings. The number of benzene rings is 1. The predicted octanol–water partition coefficient (Wildman–Crippen LogP) is 5.71. The Morgan fingerprint density at radius 1 is 1.30 bits per heavy atom. The van der Waals surface area contributed by atoms with E-state index in [-0.39, 0.29) is 0 Å². The molecular weight excluding hydrogens is 320 g/mol. The van der Waals surface area contributed by atoms with E-state index in [1.165, 1.54) is 26.9 Å². The maximum atomic E-state index is 9.53. The van der Waals surface area contributed by atoms with Crippen molar-refractivity contribution in [1.82, 2.24) is 0 Å². The van der Waals surface area contributed by atoms with E-state index in [9.17, 15) is 5.26 Å². The van der Waals surface area contributed by atoms with E-state index in [2.05, 4.69) is 48.3 Å². The Kier molecular flexibility index (Phi) is 3.76. The first-order chi connectivity index (χ1) is 11.2. The minimum Gasteiger partial charge on any atom is -0.243 e. The van der Waals surface area contributed by atoms with Gasteiger partial charge in [-0.2, -0.15) is 5.26 Å². The summed E-state index contributed by atoms with van der Waals surface area (Å²) in [7, 11) is 0. The SMILES string of the molecule is C[C@H]1CCc2c(sc(N=Cc3cc4ccccc4s3)c2C#N)C1. The summed E-state index contributed by atoms with van der Waals surface area (Å²) in [5.74, 6) is 0.715. The molecule has 0 radical (unpaired) electrons. The van der Waals surface area contributed by atoms with Crippen LogP contribution in [0, 0.1) is 17.2 Å². The van der Waals surface area contributed by atoms with Crippen LogP contribution >= 0.6 is 22.7 Å². The van der Waals surface area contributed by atoms with Gasteiger partial charge in [-0.05, 0) is 48.3 Å². The van der Waals surface area contributed by atoms with Crippen LogP contribution in [-0.2, 0) is 12.8 Å². The summed E-state index contributed by atoms with van der Waals surface area (Å²) in [6.07, 6.45) is 5.20. The van der Waals surface area contributed by atoms with Crippen LogP contribution in [0.2, 0.25) is 0 Å². The minimum atomic E-state index is 0.715. The zero-order valence-electron chi connectivity index (χ0n) is 12.9. The Hall–Kier alpha value is -1.96. The van der Waals surface area contributed by atoms with Crippen molar-refractivity contribution in [2.45, 2.75) is 26.2 Å². The molecule has 114 valence electrons. The molecule has 0 saturated heterocycles. The number of rotatable bonds is 2. The molecule has 0 N–H and O–H groups in total. The van der Waals surface area contributed by atoms with E-state index in [1.807, 2.05) is 6.21 Å². The summed E-state index contributed by atoms with van der Waals surface area (Å²) in [6, 6.07) is 12.9. The van der Waals surface area contributed by atoms with Gasteiger partial charge in [0, 0.05) is 20.7 Å². The van der Waals surface area contributed by atoms with Crippen LogP contribution in [-0.4, -0.2) is 6.21 Å². The number of thiophene rings is 2. The van der Waals surface area contributed by atoms with Crippen molar-refractivity contribution in [3.05, 3.63) is 51.2 Å². The monoisotopic (exact) mass is 336 g/mol. The van der Waals surface area contributed by atoms with Crippen molar-refractivity contribution in [1.29, 1.82) is 5.26 Å². The summed E-state index contributed by atoms with van der Waals surface area (Å²) in [6.45, 7) is 2.29. The van der Waals surface area contributed by atoms with Crippen molar-refractivity contribution in [3.8, 4) is 6.07 Å². The zero-order chi connectivity index (χ0) is 15.8. The first-order valence-corrected chi connectivity index (χ1v) is 9.45. The topological polar surface area (TPSA) is 36.1 Å². The highest BCUT2D eigenvalue weighted by Crippen LogP contribution is 2.40. The van der Waals surface area contributed by atoms with E-state index in [0.29, 0.717) is 5.92 Å². The predicted molar refractivity (Wildman–Crippen MR) is 99.3 cm³/mol. The van der Waals surface area contributed by atoms with Gasteiger partial charge in [0.1, 0.15) is 11.1 Å². The number of hydrogen-bond donors (Lipinski definition) is 0. The Balaban J connectivity index is 1.69. The number of fused-ring (bicyclic) bond motifs is 2. The lowest BCUT2D eigenvalue weighted by Crippen LogP contribution is -2.09. The van der Waals surface area contributed by atoms with Gasteiger partial charge < -0.3 is 0 Å². The van der Waals surface area contributed by atoms with Gasteiger partial charge in [0.05, 0.1) is 5.56 Å². The molecule has 2 aromatic heterocycles. The Bertz CT molecular complexity index is 907. The van der Waals surface area contributed by atoms with Crippen LogP contribution < -0.4 is 0 Å². The van der Waals surface area contributed by atoms with E-state index in [1.54, 1.807) is 22.7 Å². The molecule has 4 heteroatoms. The Labute approximate surface area is 143 Å². The molecule has 0 bridgehead atoms. The van der Waals surface area contributed by atoms with Crippen molar-refractivity contribution >= 4 is 44.0 Å². The average Bonchev–Trinajstić information content (AvgIpc) is 3.12. The average molecular weight is 336 g/mol. The van der Waals surface area contributed by atoms with Crippen LogP contribution in [0.3, 0.4) is 0 Å². The highest BCUT2D eigenvalue weighted by atomic mass is 32.1. The molecule has 0 spiro atoms. The van der Waals surface area contributed by atoms with Gasteiger partial charge in [-0.25, -0.2) is 4.99 Å². The van der Waals surface area contributed by atoms with E-state index < -0.39 is 0 Å². The Morgan fingerprint density at radius 3 is 3.00 bits per heavy atom. The van der Waals surface area contributed by atoms with Gasteiger partial charge in [0.2, 0.25) is 0 Å². The first-order valence-electron chi connectivity index (χ1n) is 7.82. The highest BCUT2D eigenvalue weighted by Gasteiger charge is 2.23. The number of aliphatic imine (C=N–C) groups is 1. The van der Waals surface area contributed by atoms with Crippen LogP contribution in [0.1, 0.15) is 34.2 Å². The maximum absolute atomic E-state index is 9.53. The van der Waals surface area contributed by atoms with Gasteiger partial charge >= 0.3 is 0 Å². The molecule has 0 aliphatic heterocycles. The summed E-state index contributed by atoms with van der Waals surface area (Å²) >= 11 is 3.44. The largest absolute Gasteiger partial charge is 0.243 e. The summed E-state index contributed by atoms with van der Waals surface area (Å²) in [5.41, 5.74) is 2.05. The van der Waals surface area contributed by atoms with E-state index in [0.717, 1.165) is 28.3 Å².